The van der Waals surface area contributed by atoms with Crippen LogP contribution in [0.4, 0.5) is 11.4 Å². The fraction of sp³-hybridized carbons (Fsp3) is 0.407. The number of carbonyl (C=O) groups excluding carboxylic acids is 2. The maximum absolute atomic E-state index is 13.1. The van der Waals surface area contributed by atoms with Gasteiger partial charge in [0.2, 0.25) is 23.5 Å². The van der Waals surface area contributed by atoms with Crippen LogP contribution in [-0.4, -0.2) is 46.5 Å². The second kappa shape index (κ2) is 10.00. The summed E-state index contributed by atoms with van der Waals surface area (Å²) in [6, 6.07) is 13.8. The van der Waals surface area contributed by atoms with Crippen LogP contribution in [0.1, 0.15) is 42.7 Å². The Balaban J connectivity index is 1.21. The first-order chi connectivity index (χ1) is 17.0. The second-order valence-electron chi connectivity index (χ2n) is 9.59. The van der Waals surface area contributed by atoms with Gasteiger partial charge in [-0.3, -0.25) is 14.5 Å². The molecule has 3 aromatic rings. The van der Waals surface area contributed by atoms with Crippen LogP contribution in [0.2, 0.25) is 0 Å². The van der Waals surface area contributed by atoms with Gasteiger partial charge in [-0.15, -0.1) is 0 Å². The van der Waals surface area contributed by atoms with Gasteiger partial charge in [-0.05, 0) is 57.4 Å². The summed E-state index contributed by atoms with van der Waals surface area (Å²) in [7, 11) is 0. The van der Waals surface area contributed by atoms with E-state index in [1.54, 1.807) is 0 Å². The van der Waals surface area contributed by atoms with Crippen LogP contribution in [0.3, 0.4) is 0 Å². The Hall–Kier alpha value is -3.52. The van der Waals surface area contributed by atoms with E-state index in [1.807, 2.05) is 61.2 Å². The molecule has 8 nitrogen and oxygen atoms in total. The molecule has 3 heterocycles. The molecule has 2 amide bonds. The first-order valence-electron chi connectivity index (χ1n) is 12.3. The highest BCUT2D eigenvalue weighted by Crippen LogP contribution is 2.29. The molecule has 1 atom stereocenters. The van der Waals surface area contributed by atoms with Crippen LogP contribution < -0.4 is 10.2 Å². The number of aromatic nitrogens is 2. The lowest BCUT2D eigenvalue weighted by molar-refractivity contribution is -0.121. The largest absolute Gasteiger partial charge is 0.338 e. The summed E-state index contributed by atoms with van der Waals surface area (Å²) in [5.41, 5.74) is 4.76. The molecule has 2 aromatic carbocycles. The van der Waals surface area contributed by atoms with Gasteiger partial charge in [-0.2, -0.15) is 4.98 Å². The SMILES string of the molecule is Cc1ccc(-c2noc(CN3CCCC(C(=O)Nc4ccc(C)c(N5CCCC5=O)c4)C3)n2)cc1. The zero-order valence-electron chi connectivity index (χ0n) is 20.3. The molecule has 5 rings (SSSR count). The number of hydrogen-bond acceptors (Lipinski definition) is 6. The van der Waals surface area contributed by atoms with Crippen LogP contribution in [0.15, 0.2) is 47.0 Å². The van der Waals surface area contributed by atoms with Crippen molar-refractivity contribution in [3.05, 3.63) is 59.5 Å². The van der Waals surface area contributed by atoms with E-state index in [1.165, 1.54) is 5.56 Å². The predicted molar refractivity (Wildman–Crippen MR) is 134 cm³/mol. The van der Waals surface area contributed by atoms with E-state index in [-0.39, 0.29) is 17.7 Å². The van der Waals surface area contributed by atoms with Crippen molar-refractivity contribution >= 4 is 23.2 Å². The van der Waals surface area contributed by atoms with E-state index in [9.17, 15) is 9.59 Å². The Labute approximate surface area is 205 Å². The molecular formula is C27H31N5O3. The third-order valence-corrected chi connectivity index (χ3v) is 6.85. The van der Waals surface area contributed by atoms with Crippen molar-refractivity contribution < 1.29 is 14.1 Å². The molecule has 1 unspecified atom stereocenters. The van der Waals surface area contributed by atoms with Gasteiger partial charge in [0.25, 0.3) is 0 Å². The van der Waals surface area contributed by atoms with Crippen LogP contribution in [0.25, 0.3) is 11.4 Å². The van der Waals surface area contributed by atoms with Gasteiger partial charge in [0.1, 0.15) is 0 Å². The molecule has 0 saturated carbocycles. The predicted octanol–water partition coefficient (Wildman–Crippen LogP) is 4.33. The third kappa shape index (κ3) is 5.27. The van der Waals surface area contributed by atoms with Gasteiger partial charge >= 0.3 is 0 Å². The zero-order valence-corrected chi connectivity index (χ0v) is 20.3. The average Bonchev–Trinajstić information content (AvgIpc) is 3.50. The molecule has 0 bridgehead atoms. The van der Waals surface area contributed by atoms with E-state index in [0.717, 1.165) is 54.9 Å². The van der Waals surface area contributed by atoms with Gasteiger partial charge in [0.15, 0.2) is 0 Å². The van der Waals surface area contributed by atoms with Crippen molar-refractivity contribution in [3.8, 4) is 11.4 Å². The normalized spacial score (nSPS) is 18.7. The molecule has 2 aliphatic rings. The Bertz CT molecular complexity index is 1220. The molecule has 2 fully saturated rings. The number of amides is 2. The monoisotopic (exact) mass is 473 g/mol. The van der Waals surface area contributed by atoms with E-state index in [0.29, 0.717) is 31.2 Å². The lowest BCUT2D eigenvalue weighted by Crippen LogP contribution is -2.40. The maximum atomic E-state index is 13.1. The zero-order chi connectivity index (χ0) is 24.4. The van der Waals surface area contributed by atoms with Crippen LogP contribution in [0.5, 0.6) is 0 Å². The van der Waals surface area contributed by atoms with Crippen molar-refractivity contribution in [2.24, 2.45) is 5.92 Å². The third-order valence-electron chi connectivity index (χ3n) is 6.85. The second-order valence-corrected chi connectivity index (χ2v) is 9.59. The molecule has 2 saturated heterocycles. The van der Waals surface area contributed by atoms with Gasteiger partial charge in [-0.25, -0.2) is 0 Å². The number of piperidine rings is 1. The number of carbonyl (C=O) groups is 2. The summed E-state index contributed by atoms with van der Waals surface area (Å²) in [6.07, 6.45) is 3.22. The molecule has 1 N–H and O–H groups in total. The highest BCUT2D eigenvalue weighted by Gasteiger charge is 2.28. The summed E-state index contributed by atoms with van der Waals surface area (Å²) < 4.78 is 5.49. The van der Waals surface area contributed by atoms with Gasteiger partial charge in [0.05, 0.1) is 12.5 Å². The molecule has 2 aliphatic heterocycles. The summed E-state index contributed by atoms with van der Waals surface area (Å²) in [4.78, 5) is 33.9. The Morgan fingerprint density at radius 2 is 1.94 bits per heavy atom. The number of likely N-dealkylation sites (tertiary alicyclic amines) is 1. The molecule has 0 spiro atoms. The highest BCUT2D eigenvalue weighted by molar-refractivity contribution is 5.98. The topological polar surface area (TPSA) is 91.6 Å². The lowest BCUT2D eigenvalue weighted by atomic mass is 9.97. The van der Waals surface area contributed by atoms with E-state index < -0.39 is 0 Å². The van der Waals surface area contributed by atoms with Gasteiger partial charge < -0.3 is 14.7 Å². The first-order valence-corrected chi connectivity index (χ1v) is 12.3. The minimum absolute atomic E-state index is 0.00289. The number of nitrogens with one attached hydrogen (secondary N) is 1. The van der Waals surface area contributed by atoms with Crippen molar-refractivity contribution in [2.75, 3.05) is 29.9 Å². The van der Waals surface area contributed by atoms with Crippen LogP contribution in [0, 0.1) is 19.8 Å². The van der Waals surface area contributed by atoms with Gasteiger partial charge in [0, 0.05) is 36.4 Å². The summed E-state index contributed by atoms with van der Waals surface area (Å²) in [5.74, 6) is 1.16. The number of aryl methyl sites for hydroxylation is 2. The highest BCUT2D eigenvalue weighted by atomic mass is 16.5. The van der Waals surface area contributed by atoms with Crippen molar-refractivity contribution in [3.63, 3.8) is 0 Å². The molecule has 35 heavy (non-hydrogen) atoms. The summed E-state index contributed by atoms with van der Waals surface area (Å²) in [5, 5.41) is 7.20. The minimum atomic E-state index is -0.124. The minimum Gasteiger partial charge on any atom is -0.338 e. The number of hydrogen-bond donors (Lipinski definition) is 1. The Morgan fingerprint density at radius 3 is 2.71 bits per heavy atom. The van der Waals surface area contributed by atoms with Gasteiger partial charge in [-0.1, -0.05) is 41.1 Å². The quantitative estimate of drug-likeness (QED) is 0.573. The standard InChI is InChI=1S/C27H31N5O3/c1-18-7-10-20(11-8-18)26-29-24(35-30-26)17-31-13-3-5-21(16-31)27(34)28-22-12-9-19(2)23(15-22)32-14-4-6-25(32)33/h7-12,15,21H,3-6,13-14,16-17H2,1-2H3,(H,28,34). The molecule has 8 heteroatoms. The smallest absolute Gasteiger partial charge is 0.241 e. The maximum Gasteiger partial charge on any atom is 0.241 e. The number of nitrogens with zero attached hydrogens (tertiary/aromatic N) is 4. The molecule has 0 aliphatic carbocycles. The molecule has 182 valence electrons. The fourth-order valence-corrected chi connectivity index (χ4v) is 4.87. The van der Waals surface area contributed by atoms with Crippen molar-refractivity contribution in [1.82, 2.24) is 15.0 Å². The van der Waals surface area contributed by atoms with Crippen LogP contribution >= 0.6 is 0 Å². The van der Waals surface area contributed by atoms with Crippen LogP contribution in [-0.2, 0) is 16.1 Å². The fourth-order valence-electron chi connectivity index (χ4n) is 4.87. The summed E-state index contributed by atoms with van der Waals surface area (Å²) >= 11 is 0. The van der Waals surface area contributed by atoms with E-state index in [2.05, 4.69) is 20.4 Å². The Morgan fingerprint density at radius 1 is 1.11 bits per heavy atom. The number of benzene rings is 2. The molecule has 1 aromatic heterocycles. The van der Waals surface area contributed by atoms with E-state index >= 15 is 0 Å². The van der Waals surface area contributed by atoms with E-state index in [4.69, 9.17) is 4.52 Å². The Kier molecular flexibility index (Phi) is 6.63. The average molecular weight is 474 g/mol. The van der Waals surface area contributed by atoms with Crippen molar-refractivity contribution in [1.29, 1.82) is 0 Å². The summed E-state index contributed by atoms with van der Waals surface area (Å²) in [6.45, 7) is 6.81. The number of anilines is 2. The van der Waals surface area contributed by atoms with Crippen molar-refractivity contribution in [2.45, 2.75) is 46.1 Å². The molecular weight excluding hydrogens is 442 g/mol. The molecule has 0 radical (unpaired) electrons. The lowest BCUT2D eigenvalue weighted by Gasteiger charge is -2.31. The number of rotatable bonds is 6. The first kappa shape index (κ1) is 23.2.